The van der Waals surface area contributed by atoms with Crippen molar-refractivity contribution in [2.75, 3.05) is 13.1 Å². The van der Waals surface area contributed by atoms with E-state index in [-0.39, 0.29) is 0 Å². The Hall–Kier alpha value is -1.32. The second-order valence-corrected chi connectivity index (χ2v) is 6.79. The van der Waals surface area contributed by atoms with Crippen LogP contribution >= 0.6 is 0 Å². The van der Waals surface area contributed by atoms with Crippen LogP contribution in [-0.4, -0.2) is 33.4 Å². The second-order valence-electron chi connectivity index (χ2n) is 6.79. The van der Waals surface area contributed by atoms with Gasteiger partial charge in [0.15, 0.2) is 0 Å². The lowest BCUT2D eigenvalue weighted by Crippen LogP contribution is -2.40. The summed E-state index contributed by atoms with van der Waals surface area (Å²) in [5.41, 5.74) is 0. The molecule has 1 aromatic rings. The maximum absolute atomic E-state index is 12.4. The van der Waals surface area contributed by atoms with E-state index in [9.17, 15) is 4.79 Å². The van der Waals surface area contributed by atoms with Crippen LogP contribution in [0.2, 0.25) is 0 Å². The third-order valence-corrected chi connectivity index (χ3v) is 5.18. The van der Waals surface area contributed by atoms with Crippen LogP contribution in [0.4, 0.5) is 0 Å². The molecule has 0 atom stereocenters. The zero-order chi connectivity index (χ0) is 14.5. The maximum atomic E-state index is 12.4. The molecule has 3 rings (SSSR count). The average Bonchev–Trinajstić information content (AvgIpc) is 3.02. The first-order valence-corrected chi connectivity index (χ1v) is 8.55. The Kier molecular flexibility index (Phi) is 4.94. The van der Waals surface area contributed by atoms with Gasteiger partial charge in [0.1, 0.15) is 0 Å². The fourth-order valence-electron chi connectivity index (χ4n) is 3.83. The molecule has 2 fully saturated rings. The van der Waals surface area contributed by atoms with E-state index in [1.54, 1.807) is 0 Å². The van der Waals surface area contributed by atoms with E-state index < -0.39 is 0 Å². The number of rotatable bonds is 4. The molecule has 4 nitrogen and oxygen atoms in total. The summed E-state index contributed by atoms with van der Waals surface area (Å²) in [5, 5.41) is 0. The predicted octanol–water partition coefficient (Wildman–Crippen LogP) is 3.09. The van der Waals surface area contributed by atoms with Crippen molar-refractivity contribution in [3.63, 3.8) is 0 Å². The lowest BCUT2D eigenvalue weighted by atomic mass is 9.86. The Labute approximate surface area is 127 Å². The Bertz CT molecular complexity index is 429. The topological polar surface area (TPSA) is 38.1 Å². The van der Waals surface area contributed by atoms with Gasteiger partial charge < -0.3 is 9.47 Å². The molecular formula is C17H27N3O. The van der Waals surface area contributed by atoms with Gasteiger partial charge in [-0.1, -0.05) is 19.3 Å². The highest BCUT2D eigenvalue weighted by atomic mass is 16.2. The molecule has 21 heavy (non-hydrogen) atoms. The highest BCUT2D eigenvalue weighted by Crippen LogP contribution is 2.28. The molecule has 0 unspecified atom stereocenters. The summed E-state index contributed by atoms with van der Waals surface area (Å²) in [6.45, 7) is 2.94. The van der Waals surface area contributed by atoms with Gasteiger partial charge in [0.25, 0.3) is 0 Å². The fraction of sp³-hybridized carbons (Fsp3) is 0.765. The highest BCUT2D eigenvalue weighted by Gasteiger charge is 2.25. The fourth-order valence-corrected chi connectivity index (χ4v) is 3.83. The SMILES string of the molecule is O=C(CC1CCCCC1)N1CCC(Cn2ccnc2)CC1. The highest BCUT2D eigenvalue weighted by molar-refractivity contribution is 5.76. The summed E-state index contributed by atoms with van der Waals surface area (Å²) in [5.74, 6) is 1.76. The van der Waals surface area contributed by atoms with Crippen molar-refractivity contribution in [3.8, 4) is 0 Å². The van der Waals surface area contributed by atoms with Gasteiger partial charge in [-0.25, -0.2) is 4.98 Å². The average molecular weight is 289 g/mol. The predicted molar refractivity (Wildman–Crippen MR) is 82.7 cm³/mol. The number of hydrogen-bond acceptors (Lipinski definition) is 2. The van der Waals surface area contributed by atoms with Crippen molar-refractivity contribution >= 4 is 5.91 Å². The van der Waals surface area contributed by atoms with Crippen molar-refractivity contribution in [3.05, 3.63) is 18.7 Å². The number of hydrogen-bond donors (Lipinski definition) is 0. The molecule has 0 bridgehead atoms. The minimum absolute atomic E-state index is 0.406. The molecule has 0 N–H and O–H groups in total. The van der Waals surface area contributed by atoms with Crippen LogP contribution in [-0.2, 0) is 11.3 Å². The first-order valence-electron chi connectivity index (χ1n) is 8.55. The molecule has 1 amide bonds. The van der Waals surface area contributed by atoms with Crippen LogP contribution < -0.4 is 0 Å². The smallest absolute Gasteiger partial charge is 0.222 e. The first kappa shape index (κ1) is 14.6. The van der Waals surface area contributed by atoms with Crippen LogP contribution in [0.15, 0.2) is 18.7 Å². The monoisotopic (exact) mass is 289 g/mol. The molecule has 0 aromatic carbocycles. The van der Waals surface area contributed by atoms with Gasteiger partial charge in [0, 0.05) is 38.4 Å². The lowest BCUT2D eigenvalue weighted by Gasteiger charge is -2.33. The third-order valence-electron chi connectivity index (χ3n) is 5.18. The number of carbonyl (C=O) groups excluding carboxylic acids is 1. The van der Waals surface area contributed by atoms with Crippen LogP contribution in [0, 0.1) is 11.8 Å². The van der Waals surface area contributed by atoms with Gasteiger partial charge in [0.05, 0.1) is 6.33 Å². The summed E-state index contributed by atoms with van der Waals surface area (Å²) in [4.78, 5) is 18.6. The van der Waals surface area contributed by atoms with Gasteiger partial charge >= 0.3 is 0 Å². The molecule has 116 valence electrons. The first-order chi connectivity index (χ1) is 10.3. The normalized spacial score (nSPS) is 21.6. The van der Waals surface area contributed by atoms with Crippen LogP contribution in [0.5, 0.6) is 0 Å². The Morgan fingerprint density at radius 1 is 1.05 bits per heavy atom. The molecule has 2 heterocycles. The number of nitrogens with zero attached hydrogens (tertiary/aromatic N) is 3. The molecule has 4 heteroatoms. The van der Waals surface area contributed by atoms with Crippen molar-refractivity contribution < 1.29 is 4.79 Å². The number of amides is 1. The molecule has 0 spiro atoms. The van der Waals surface area contributed by atoms with Gasteiger partial charge in [0.2, 0.25) is 5.91 Å². The Balaban J connectivity index is 1.41. The lowest BCUT2D eigenvalue weighted by molar-refractivity contribution is -0.133. The van der Waals surface area contributed by atoms with Crippen molar-refractivity contribution in [1.82, 2.24) is 14.5 Å². The molecule has 1 aliphatic carbocycles. The zero-order valence-electron chi connectivity index (χ0n) is 12.9. The van der Waals surface area contributed by atoms with E-state index in [2.05, 4.69) is 14.5 Å². The molecule has 2 aliphatic rings. The van der Waals surface area contributed by atoms with Crippen LogP contribution in [0.25, 0.3) is 0 Å². The number of piperidine rings is 1. The van der Waals surface area contributed by atoms with Crippen LogP contribution in [0.1, 0.15) is 51.4 Å². The van der Waals surface area contributed by atoms with Gasteiger partial charge in [-0.15, -0.1) is 0 Å². The van der Waals surface area contributed by atoms with E-state index in [0.29, 0.717) is 17.7 Å². The molecule has 1 aromatic heterocycles. The van der Waals surface area contributed by atoms with Crippen molar-refractivity contribution in [2.45, 2.75) is 57.9 Å². The summed E-state index contributed by atoms with van der Waals surface area (Å²) < 4.78 is 2.16. The van der Waals surface area contributed by atoms with Gasteiger partial charge in [-0.3, -0.25) is 4.79 Å². The van der Waals surface area contributed by atoms with E-state index in [0.717, 1.165) is 38.9 Å². The van der Waals surface area contributed by atoms with Crippen molar-refractivity contribution in [1.29, 1.82) is 0 Å². The Morgan fingerprint density at radius 2 is 1.81 bits per heavy atom. The van der Waals surface area contributed by atoms with E-state index in [1.165, 1.54) is 32.1 Å². The number of likely N-dealkylation sites (tertiary alicyclic amines) is 1. The van der Waals surface area contributed by atoms with E-state index >= 15 is 0 Å². The molecule has 1 saturated heterocycles. The van der Waals surface area contributed by atoms with Crippen molar-refractivity contribution in [2.24, 2.45) is 11.8 Å². The largest absolute Gasteiger partial charge is 0.343 e. The summed E-state index contributed by atoms with van der Waals surface area (Å²) in [7, 11) is 0. The zero-order valence-corrected chi connectivity index (χ0v) is 12.9. The summed E-state index contributed by atoms with van der Waals surface area (Å²) in [6.07, 6.45) is 15.4. The van der Waals surface area contributed by atoms with Crippen LogP contribution in [0.3, 0.4) is 0 Å². The second kappa shape index (κ2) is 7.10. The molecule has 0 radical (unpaired) electrons. The molecular weight excluding hydrogens is 262 g/mol. The Morgan fingerprint density at radius 3 is 2.48 bits per heavy atom. The summed E-state index contributed by atoms with van der Waals surface area (Å²) >= 11 is 0. The minimum atomic E-state index is 0.406. The minimum Gasteiger partial charge on any atom is -0.343 e. The number of aromatic nitrogens is 2. The summed E-state index contributed by atoms with van der Waals surface area (Å²) in [6, 6.07) is 0. The third kappa shape index (κ3) is 4.08. The standard InChI is InChI=1S/C17H27N3O/c21-17(12-15-4-2-1-3-5-15)20-9-6-16(7-10-20)13-19-11-8-18-14-19/h8,11,14-16H,1-7,9-10,12-13H2. The van der Waals surface area contributed by atoms with Gasteiger partial charge in [-0.2, -0.15) is 0 Å². The molecule has 1 saturated carbocycles. The van der Waals surface area contributed by atoms with E-state index in [4.69, 9.17) is 0 Å². The van der Waals surface area contributed by atoms with E-state index in [1.807, 2.05) is 18.7 Å². The van der Waals surface area contributed by atoms with Gasteiger partial charge in [-0.05, 0) is 37.5 Å². The maximum Gasteiger partial charge on any atom is 0.222 e. The quantitative estimate of drug-likeness (QED) is 0.854. The number of imidazole rings is 1. The molecule has 1 aliphatic heterocycles. The number of carbonyl (C=O) groups is 1.